The van der Waals surface area contributed by atoms with Gasteiger partial charge in [-0.25, -0.2) is 0 Å². The van der Waals surface area contributed by atoms with Crippen molar-refractivity contribution in [1.82, 2.24) is 20.3 Å². The van der Waals surface area contributed by atoms with Crippen LogP contribution in [-0.2, 0) is 12.2 Å². The van der Waals surface area contributed by atoms with E-state index in [1.165, 1.54) is 28.7 Å². The van der Waals surface area contributed by atoms with Gasteiger partial charge in [0.2, 0.25) is 16.8 Å². The number of benzene rings is 1. The van der Waals surface area contributed by atoms with E-state index in [4.69, 9.17) is 4.52 Å². The predicted molar refractivity (Wildman–Crippen MR) is 106 cm³/mol. The van der Waals surface area contributed by atoms with Gasteiger partial charge in [0.05, 0.1) is 10.6 Å². The molecule has 3 heterocycles. The maximum Gasteiger partial charge on any atom is 0.237 e. The van der Waals surface area contributed by atoms with Crippen molar-refractivity contribution in [2.45, 2.75) is 23.4 Å². The second kappa shape index (κ2) is 7.98. The first-order valence-corrected chi connectivity index (χ1v) is 10.7. The van der Waals surface area contributed by atoms with Crippen molar-refractivity contribution in [2.24, 2.45) is 0 Å². The zero-order valence-electron chi connectivity index (χ0n) is 13.9. The molecule has 26 heavy (non-hydrogen) atoms. The molecule has 1 N–H and O–H groups in total. The topological polar surface area (TPSA) is 76.7 Å². The molecule has 4 rings (SSSR count). The van der Waals surface area contributed by atoms with Gasteiger partial charge in [-0.1, -0.05) is 59.4 Å². The van der Waals surface area contributed by atoms with Gasteiger partial charge < -0.3 is 9.84 Å². The molecule has 3 aromatic heterocycles. The van der Waals surface area contributed by atoms with Crippen molar-refractivity contribution in [3.63, 3.8) is 0 Å². The standard InChI is InChI=1S/C17H15N5OS3/c1-2-11-6-3-4-7-12(11)18-16-20-21-17(26-16)25-10-14-19-15(22-23-14)13-8-5-9-24-13/h3-9H,2,10H2,1H3,(H,18,20). The van der Waals surface area contributed by atoms with Gasteiger partial charge >= 0.3 is 0 Å². The number of aromatic nitrogens is 4. The quantitative estimate of drug-likeness (QED) is 0.424. The van der Waals surface area contributed by atoms with Crippen molar-refractivity contribution < 1.29 is 4.52 Å². The first-order chi connectivity index (χ1) is 12.8. The van der Waals surface area contributed by atoms with E-state index in [-0.39, 0.29) is 0 Å². The molecule has 0 bridgehead atoms. The number of hydrogen-bond donors (Lipinski definition) is 1. The lowest BCUT2D eigenvalue weighted by atomic mass is 10.1. The highest BCUT2D eigenvalue weighted by atomic mass is 32.2. The Morgan fingerprint density at radius 3 is 2.92 bits per heavy atom. The van der Waals surface area contributed by atoms with E-state index in [0.717, 1.165) is 26.5 Å². The number of hydrogen-bond acceptors (Lipinski definition) is 9. The number of nitrogens with zero attached hydrogens (tertiary/aromatic N) is 4. The van der Waals surface area contributed by atoms with E-state index in [1.54, 1.807) is 11.3 Å². The molecule has 0 aliphatic rings. The van der Waals surface area contributed by atoms with E-state index in [1.807, 2.05) is 29.6 Å². The molecule has 0 unspecified atom stereocenters. The average molecular weight is 402 g/mol. The Balaban J connectivity index is 1.38. The Morgan fingerprint density at radius 1 is 1.15 bits per heavy atom. The van der Waals surface area contributed by atoms with Gasteiger partial charge in [-0.05, 0) is 29.5 Å². The van der Waals surface area contributed by atoms with Gasteiger partial charge in [0.1, 0.15) is 0 Å². The lowest BCUT2D eigenvalue weighted by Gasteiger charge is -2.06. The molecule has 0 saturated heterocycles. The molecule has 9 heteroatoms. The van der Waals surface area contributed by atoms with Crippen LogP contribution in [0.4, 0.5) is 10.8 Å². The van der Waals surface area contributed by atoms with Gasteiger partial charge in [0.25, 0.3) is 0 Å². The summed E-state index contributed by atoms with van der Waals surface area (Å²) in [5, 5.41) is 18.6. The van der Waals surface area contributed by atoms with E-state index in [2.05, 4.69) is 44.7 Å². The fraction of sp³-hybridized carbons (Fsp3) is 0.176. The van der Waals surface area contributed by atoms with Crippen LogP contribution in [0.1, 0.15) is 18.4 Å². The molecular formula is C17H15N5OS3. The molecule has 0 radical (unpaired) electrons. The highest BCUT2D eigenvalue weighted by molar-refractivity contribution is 8.00. The number of thioether (sulfide) groups is 1. The van der Waals surface area contributed by atoms with Gasteiger partial charge in [-0.15, -0.1) is 21.5 Å². The summed E-state index contributed by atoms with van der Waals surface area (Å²) in [6, 6.07) is 12.2. The summed E-state index contributed by atoms with van der Waals surface area (Å²) in [5.74, 6) is 1.78. The SMILES string of the molecule is CCc1ccccc1Nc1nnc(SCc2nc(-c3cccs3)no2)s1. The third-order valence-corrected chi connectivity index (χ3v) is 6.40. The fourth-order valence-corrected chi connectivity index (χ4v) is 4.58. The molecular weight excluding hydrogens is 386 g/mol. The van der Waals surface area contributed by atoms with Crippen molar-refractivity contribution in [3.05, 3.63) is 53.2 Å². The van der Waals surface area contributed by atoms with Crippen LogP contribution in [0, 0.1) is 0 Å². The molecule has 132 valence electrons. The minimum Gasteiger partial charge on any atom is -0.338 e. The number of nitrogens with one attached hydrogen (secondary N) is 1. The van der Waals surface area contributed by atoms with E-state index in [9.17, 15) is 0 Å². The molecule has 1 aromatic carbocycles. The van der Waals surface area contributed by atoms with E-state index < -0.39 is 0 Å². The van der Waals surface area contributed by atoms with Crippen LogP contribution in [-0.4, -0.2) is 20.3 Å². The lowest BCUT2D eigenvalue weighted by Crippen LogP contribution is -1.94. The molecule has 0 saturated carbocycles. The summed E-state index contributed by atoms with van der Waals surface area (Å²) in [5.41, 5.74) is 2.32. The van der Waals surface area contributed by atoms with Crippen LogP contribution in [0.3, 0.4) is 0 Å². The molecule has 6 nitrogen and oxygen atoms in total. The molecule has 0 aliphatic heterocycles. The van der Waals surface area contributed by atoms with Crippen LogP contribution >= 0.6 is 34.4 Å². The minimum atomic E-state index is 0.568. The highest BCUT2D eigenvalue weighted by Gasteiger charge is 2.12. The number of thiophene rings is 1. The van der Waals surface area contributed by atoms with Crippen molar-refractivity contribution in [2.75, 3.05) is 5.32 Å². The molecule has 0 aliphatic carbocycles. The fourth-order valence-electron chi connectivity index (χ4n) is 2.33. The van der Waals surface area contributed by atoms with Crippen LogP contribution in [0.15, 0.2) is 50.6 Å². The third-order valence-electron chi connectivity index (χ3n) is 3.58. The first-order valence-electron chi connectivity index (χ1n) is 7.99. The molecule has 4 aromatic rings. The van der Waals surface area contributed by atoms with Crippen LogP contribution in [0.25, 0.3) is 10.7 Å². The van der Waals surface area contributed by atoms with Crippen LogP contribution < -0.4 is 5.32 Å². The third kappa shape index (κ3) is 3.95. The highest BCUT2D eigenvalue weighted by Crippen LogP contribution is 2.31. The number of rotatable bonds is 7. The summed E-state index contributed by atoms with van der Waals surface area (Å²) in [7, 11) is 0. The molecule has 0 amide bonds. The van der Waals surface area contributed by atoms with Crippen molar-refractivity contribution >= 4 is 45.3 Å². The Hall–Kier alpha value is -2.23. The van der Waals surface area contributed by atoms with Crippen LogP contribution in [0.5, 0.6) is 0 Å². The van der Waals surface area contributed by atoms with Gasteiger partial charge in [0, 0.05) is 5.69 Å². The smallest absolute Gasteiger partial charge is 0.237 e. The second-order valence-corrected chi connectivity index (χ2v) is 8.43. The summed E-state index contributed by atoms with van der Waals surface area (Å²) >= 11 is 4.64. The average Bonchev–Trinajstić information content (AvgIpc) is 3.41. The van der Waals surface area contributed by atoms with Gasteiger partial charge in [0.15, 0.2) is 4.34 Å². The minimum absolute atomic E-state index is 0.568. The number of anilines is 2. The molecule has 0 fully saturated rings. The van der Waals surface area contributed by atoms with Crippen LogP contribution in [0.2, 0.25) is 0 Å². The normalized spacial score (nSPS) is 11.0. The van der Waals surface area contributed by atoms with E-state index >= 15 is 0 Å². The maximum absolute atomic E-state index is 5.31. The first kappa shape index (κ1) is 17.2. The Morgan fingerprint density at radius 2 is 2.08 bits per heavy atom. The zero-order valence-corrected chi connectivity index (χ0v) is 16.3. The van der Waals surface area contributed by atoms with Crippen molar-refractivity contribution in [1.29, 1.82) is 0 Å². The second-order valence-electron chi connectivity index (χ2n) is 5.29. The van der Waals surface area contributed by atoms with Crippen molar-refractivity contribution in [3.8, 4) is 10.7 Å². The number of para-hydroxylation sites is 1. The summed E-state index contributed by atoms with van der Waals surface area (Å²) in [6.45, 7) is 2.14. The number of aryl methyl sites for hydroxylation is 1. The predicted octanol–water partition coefficient (Wildman–Crippen LogP) is 5.25. The summed E-state index contributed by atoms with van der Waals surface area (Å²) < 4.78 is 6.17. The Bertz CT molecular complexity index is 980. The molecule has 0 spiro atoms. The lowest BCUT2D eigenvalue weighted by molar-refractivity contribution is 0.392. The van der Waals surface area contributed by atoms with E-state index in [0.29, 0.717) is 17.5 Å². The summed E-state index contributed by atoms with van der Waals surface area (Å²) in [6.07, 6.45) is 0.966. The Kier molecular flexibility index (Phi) is 5.28. The van der Waals surface area contributed by atoms with Gasteiger partial charge in [-0.2, -0.15) is 4.98 Å². The zero-order chi connectivity index (χ0) is 17.8. The van der Waals surface area contributed by atoms with Gasteiger partial charge in [-0.3, -0.25) is 0 Å². The summed E-state index contributed by atoms with van der Waals surface area (Å²) in [4.78, 5) is 5.42. The maximum atomic E-state index is 5.31. The molecule has 0 atom stereocenters. The largest absolute Gasteiger partial charge is 0.338 e. The monoisotopic (exact) mass is 401 g/mol. The Labute approximate surface area is 162 Å².